The zero-order valence-electron chi connectivity index (χ0n) is 19.2. The first-order valence-electron chi connectivity index (χ1n) is 12.4. The third kappa shape index (κ3) is 5.09. The van der Waals surface area contributed by atoms with Crippen molar-refractivity contribution in [1.29, 1.82) is 5.26 Å². The summed E-state index contributed by atoms with van der Waals surface area (Å²) in [5, 5.41) is 12.8. The Labute approximate surface area is 194 Å². The van der Waals surface area contributed by atoms with E-state index in [-0.39, 0.29) is 17.5 Å². The van der Waals surface area contributed by atoms with Crippen molar-refractivity contribution in [2.45, 2.75) is 57.4 Å². The first kappa shape index (κ1) is 22.0. The summed E-state index contributed by atoms with van der Waals surface area (Å²) in [4.78, 5) is 21.8. The van der Waals surface area contributed by atoms with Gasteiger partial charge in [-0.25, -0.2) is 0 Å². The molecule has 1 N–H and O–H groups in total. The number of hydrogen-bond acceptors (Lipinski definition) is 7. The van der Waals surface area contributed by atoms with E-state index in [1.807, 2.05) is 4.90 Å². The van der Waals surface area contributed by atoms with Gasteiger partial charge in [0.25, 0.3) is 5.89 Å². The Morgan fingerprint density at radius 1 is 1.12 bits per heavy atom. The number of nitrogens with zero attached hydrogens (tertiary/aromatic N) is 4. The molecule has 5 rings (SSSR count). The molecular weight excluding hydrogens is 418 g/mol. The summed E-state index contributed by atoms with van der Waals surface area (Å²) in [6.45, 7) is 4.77. The van der Waals surface area contributed by atoms with Crippen LogP contribution in [-0.2, 0) is 4.79 Å². The quantitative estimate of drug-likeness (QED) is 0.713. The van der Waals surface area contributed by atoms with Crippen LogP contribution in [0.15, 0.2) is 27.2 Å². The van der Waals surface area contributed by atoms with Gasteiger partial charge in [0.05, 0.1) is 6.26 Å². The molecule has 2 saturated heterocycles. The van der Waals surface area contributed by atoms with Crippen molar-refractivity contribution in [2.75, 3.05) is 37.6 Å². The summed E-state index contributed by atoms with van der Waals surface area (Å²) in [6.07, 6.45) is 10.7. The fourth-order valence-electron chi connectivity index (χ4n) is 5.59. The number of likely N-dealkylation sites (tertiary alicyclic amines) is 1. The van der Waals surface area contributed by atoms with Gasteiger partial charge in [0.1, 0.15) is 6.07 Å². The van der Waals surface area contributed by atoms with E-state index in [1.165, 1.54) is 32.2 Å². The molecule has 1 aliphatic carbocycles. The number of rotatable bonds is 6. The second-order valence-corrected chi connectivity index (χ2v) is 9.76. The lowest BCUT2D eigenvalue weighted by Crippen LogP contribution is -2.48. The van der Waals surface area contributed by atoms with Crippen molar-refractivity contribution in [3.8, 4) is 17.7 Å². The van der Waals surface area contributed by atoms with Crippen LogP contribution in [0, 0.1) is 23.2 Å². The van der Waals surface area contributed by atoms with Crippen LogP contribution in [-0.4, -0.2) is 54.6 Å². The summed E-state index contributed by atoms with van der Waals surface area (Å²) < 4.78 is 11.2. The minimum Gasteiger partial charge on any atom is -0.459 e. The monoisotopic (exact) mass is 451 g/mol. The van der Waals surface area contributed by atoms with Crippen molar-refractivity contribution in [2.24, 2.45) is 11.8 Å². The molecule has 2 aliphatic heterocycles. The molecule has 1 amide bonds. The highest BCUT2D eigenvalue weighted by Crippen LogP contribution is 2.31. The number of carbonyl (C=O) groups excluding carboxylic acids is 1. The summed E-state index contributed by atoms with van der Waals surface area (Å²) in [5.74, 6) is 2.36. The number of carbonyl (C=O) groups is 1. The maximum Gasteiger partial charge on any atom is 0.266 e. The third-order valence-electron chi connectivity index (χ3n) is 7.53. The molecule has 0 unspecified atom stereocenters. The molecule has 0 aromatic carbocycles. The number of furan rings is 1. The fourth-order valence-corrected chi connectivity index (χ4v) is 5.59. The third-order valence-corrected chi connectivity index (χ3v) is 7.53. The SMILES string of the molecule is N#Cc1nc(-c2ccco2)oc1N1CCC(C(=O)NC2CCN(CC3CCCC3)CC2)CC1. The van der Waals surface area contributed by atoms with Gasteiger partial charge in [0, 0.05) is 44.7 Å². The number of piperidine rings is 2. The van der Waals surface area contributed by atoms with Crippen LogP contribution >= 0.6 is 0 Å². The Morgan fingerprint density at radius 3 is 2.55 bits per heavy atom. The molecule has 3 fully saturated rings. The minimum absolute atomic E-state index is 0.00997. The predicted molar refractivity (Wildman–Crippen MR) is 123 cm³/mol. The van der Waals surface area contributed by atoms with Crippen LogP contribution in [0.4, 0.5) is 5.88 Å². The zero-order chi connectivity index (χ0) is 22.6. The minimum atomic E-state index is 0.00997. The highest BCUT2D eigenvalue weighted by atomic mass is 16.4. The summed E-state index contributed by atoms with van der Waals surface area (Å²) in [6, 6.07) is 5.93. The zero-order valence-corrected chi connectivity index (χ0v) is 19.2. The van der Waals surface area contributed by atoms with Crippen LogP contribution in [0.2, 0.25) is 0 Å². The van der Waals surface area contributed by atoms with Gasteiger partial charge < -0.3 is 24.0 Å². The molecule has 4 heterocycles. The van der Waals surface area contributed by atoms with Crippen molar-refractivity contribution < 1.29 is 13.6 Å². The molecule has 33 heavy (non-hydrogen) atoms. The number of hydrogen-bond donors (Lipinski definition) is 1. The van der Waals surface area contributed by atoms with Crippen LogP contribution in [0.25, 0.3) is 11.7 Å². The molecule has 1 saturated carbocycles. The number of anilines is 1. The van der Waals surface area contributed by atoms with Gasteiger partial charge in [-0.15, -0.1) is 0 Å². The first-order valence-corrected chi connectivity index (χ1v) is 12.4. The van der Waals surface area contributed by atoms with E-state index in [9.17, 15) is 10.1 Å². The van der Waals surface area contributed by atoms with Gasteiger partial charge in [-0.2, -0.15) is 10.2 Å². The molecule has 0 bridgehead atoms. The predicted octanol–water partition coefficient (Wildman–Crippen LogP) is 3.79. The van der Waals surface area contributed by atoms with E-state index in [0.29, 0.717) is 36.7 Å². The van der Waals surface area contributed by atoms with E-state index in [4.69, 9.17) is 8.83 Å². The Kier molecular flexibility index (Phi) is 6.68. The normalized spacial score (nSPS) is 21.4. The summed E-state index contributed by atoms with van der Waals surface area (Å²) >= 11 is 0. The molecule has 0 spiro atoms. The second-order valence-electron chi connectivity index (χ2n) is 9.76. The molecular formula is C25H33N5O3. The molecule has 0 radical (unpaired) electrons. The second kappa shape index (κ2) is 10.0. The Hall–Kier alpha value is -2.79. The van der Waals surface area contributed by atoms with E-state index in [0.717, 1.165) is 44.7 Å². The number of oxazole rings is 1. The summed E-state index contributed by atoms with van der Waals surface area (Å²) in [7, 11) is 0. The van der Waals surface area contributed by atoms with Crippen LogP contribution < -0.4 is 10.2 Å². The van der Waals surface area contributed by atoms with Gasteiger partial charge in [0.2, 0.25) is 17.5 Å². The average Bonchev–Trinajstić information content (AvgIpc) is 3.62. The number of nitriles is 1. The molecule has 3 aliphatic rings. The highest BCUT2D eigenvalue weighted by molar-refractivity contribution is 5.79. The van der Waals surface area contributed by atoms with E-state index >= 15 is 0 Å². The maximum absolute atomic E-state index is 12.9. The first-order chi connectivity index (χ1) is 16.2. The van der Waals surface area contributed by atoms with E-state index < -0.39 is 0 Å². The van der Waals surface area contributed by atoms with Crippen LogP contribution in [0.1, 0.15) is 57.1 Å². The molecule has 2 aromatic heterocycles. The van der Waals surface area contributed by atoms with Crippen LogP contribution in [0.3, 0.4) is 0 Å². The van der Waals surface area contributed by atoms with Gasteiger partial charge >= 0.3 is 0 Å². The van der Waals surface area contributed by atoms with E-state index in [1.54, 1.807) is 18.4 Å². The highest BCUT2D eigenvalue weighted by Gasteiger charge is 2.31. The van der Waals surface area contributed by atoms with Gasteiger partial charge in [-0.3, -0.25) is 4.79 Å². The van der Waals surface area contributed by atoms with Crippen molar-refractivity contribution >= 4 is 11.8 Å². The number of amides is 1. The largest absolute Gasteiger partial charge is 0.459 e. The molecule has 176 valence electrons. The number of nitrogens with one attached hydrogen (secondary N) is 1. The summed E-state index contributed by atoms with van der Waals surface area (Å²) in [5.41, 5.74) is 0.258. The lowest BCUT2D eigenvalue weighted by molar-refractivity contribution is -0.126. The Bertz CT molecular complexity index is 957. The van der Waals surface area contributed by atoms with Gasteiger partial charge in [-0.1, -0.05) is 12.8 Å². The molecule has 8 heteroatoms. The van der Waals surface area contributed by atoms with Crippen molar-refractivity contribution in [3.05, 3.63) is 24.1 Å². The van der Waals surface area contributed by atoms with Crippen molar-refractivity contribution in [1.82, 2.24) is 15.2 Å². The molecule has 2 aromatic rings. The number of aromatic nitrogens is 1. The lowest BCUT2D eigenvalue weighted by Gasteiger charge is -2.35. The van der Waals surface area contributed by atoms with Gasteiger partial charge in [0.15, 0.2) is 5.76 Å². The Balaban J connectivity index is 1.09. The van der Waals surface area contributed by atoms with Gasteiger partial charge in [-0.05, 0) is 56.6 Å². The fraction of sp³-hybridized carbons (Fsp3) is 0.640. The average molecular weight is 452 g/mol. The lowest BCUT2D eigenvalue weighted by atomic mass is 9.94. The topological polar surface area (TPSA) is 98.5 Å². The molecule has 0 atom stereocenters. The smallest absolute Gasteiger partial charge is 0.266 e. The standard InChI is InChI=1S/C25H33N5O3/c26-16-21-25(33-24(28-21)22-6-3-15-32-22)30-13-7-19(8-14-30)23(31)27-20-9-11-29(12-10-20)17-18-4-1-2-5-18/h3,6,15,18-20H,1-2,4-5,7-14,17H2,(H,27,31). The molecule has 8 nitrogen and oxygen atoms in total. The maximum atomic E-state index is 12.9. The Morgan fingerprint density at radius 2 is 1.88 bits per heavy atom. The van der Waals surface area contributed by atoms with E-state index in [2.05, 4.69) is 21.3 Å². The van der Waals surface area contributed by atoms with Crippen LogP contribution in [0.5, 0.6) is 0 Å². The van der Waals surface area contributed by atoms with Crippen molar-refractivity contribution in [3.63, 3.8) is 0 Å².